The number of ether oxygens (including phenoxy) is 2. The lowest BCUT2D eigenvalue weighted by atomic mass is 9.99. The van der Waals surface area contributed by atoms with Gasteiger partial charge in [-0.05, 0) is 26.2 Å². The second-order valence-corrected chi connectivity index (χ2v) is 7.75. The van der Waals surface area contributed by atoms with Crippen LogP contribution in [0.4, 0.5) is 13.2 Å². The van der Waals surface area contributed by atoms with Crippen LogP contribution in [0.5, 0.6) is 0 Å². The molecule has 3 rings (SSSR count). The van der Waals surface area contributed by atoms with Gasteiger partial charge in [0.2, 0.25) is 0 Å². The maximum absolute atomic E-state index is 10.6. The highest BCUT2D eigenvalue weighted by molar-refractivity contribution is 7.09. The zero-order chi connectivity index (χ0) is 20.7. The van der Waals surface area contributed by atoms with E-state index in [1.54, 1.807) is 17.4 Å². The number of aryl methyl sites for hydroxylation is 1. The lowest BCUT2D eigenvalue weighted by molar-refractivity contribution is -0.192. The van der Waals surface area contributed by atoms with Crippen molar-refractivity contribution in [2.24, 2.45) is 0 Å². The largest absolute Gasteiger partial charge is 0.490 e. The summed E-state index contributed by atoms with van der Waals surface area (Å²) in [5, 5.41) is 10.5. The van der Waals surface area contributed by atoms with Crippen LogP contribution >= 0.6 is 11.3 Å². The number of fused-ring (bicyclic) bond motifs is 1. The molecule has 0 unspecified atom stereocenters. The molecule has 2 saturated heterocycles. The van der Waals surface area contributed by atoms with Gasteiger partial charge in [-0.1, -0.05) is 6.08 Å². The fourth-order valence-corrected chi connectivity index (χ4v) is 3.98. The van der Waals surface area contributed by atoms with Gasteiger partial charge in [-0.15, -0.1) is 17.9 Å². The highest BCUT2D eigenvalue weighted by atomic mass is 32.1. The molecule has 2 fully saturated rings. The van der Waals surface area contributed by atoms with E-state index < -0.39 is 12.1 Å². The maximum atomic E-state index is 10.6. The van der Waals surface area contributed by atoms with Crippen molar-refractivity contribution < 1.29 is 32.5 Å². The second-order valence-electron chi connectivity index (χ2n) is 6.69. The fourth-order valence-electron chi connectivity index (χ4n) is 3.38. The van der Waals surface area contributed by atoms with Gasteiger partial charge in [-0.2, -0.15) is 13.2 Å². The summed E-state index contributed by atoms with van der Waals surface area (Å²) in [7, 11) is 0. The van der Waals surface area contributed by atoms with Crippen LogP contribution in [0, 0.1) is 6.92 Å². The molecule has 0 bridgehead atoms. The topological polar surface area (TPSA) is 71.9 Å². The lowest BCUT2D eigenvalue weighted by Gasteiger charge is -2.35. The average Bonchev–Trinajstić information content (AvgIpc) is 3.21. The predicted molar refractivity (Wildman–Crippen MR) is 98.3 cm³/mol. The van der Waals surface area contributed by atoms with Gasteiger partial charge in [0.1, 0.15) is 0 Å². The van der Waals surface area contributed by atoms with Crippen LogP contribution in [0.2, 0.25) is 0 Å². The molecule has 1 N–H and O–H groups in total. The SMILES string of the molecule is C=CCOC[C@H]1CC[C@H]2[C@H](CCN2Cc2csc(C)n2)O1.O=C(O)C(F)(F)F. The fraction of sp³-hybridized carbons (Fsp3) is 0.667. The molecular formula is C18H25F3N2O4S. The highest BCUT2D eigenvalue weighted by Crippen LogP contribution is 2.32. The zero-order valence-electron chi connectivity index (χ0n) is 15.7. The quantitative estimate of drug-likeness (QED) is 0.560. The summed E-state index contributed by atoms with van der Waals surface area (Å²) in [5.41, 5.74) is 1.20. The molecule has 0 amide bonds. The first-order valence-corrected chi connectivity index (χ1v) is 9.88. The Morgan fingerprint density at radius 2 is 2.21 bits per heavy atom. The van der Waals surface area contributed by atoms with Crippen LogP contribution in [0.3, 0.4) is 0 Å². The predicted octanol–water partition coefficient (Wildman–Crippen LogP) is 3.41. The third-order valence-corrected chi connectivity index (χ3v) is 5.39. The van der Waals surface area contributed by atoms with Crippen LogP contribution in [0.25, 0.3) is 0 Å². The molecular weight excluding hydrogens is 397 g/mol. The number of likely N-dealkylation sites (tertiary alicyclic amines) is 1. The Bertz CT molecular complexity index is 653. The highest BCUT2D eigenvalue weighted by Gasteiger charge is 2.40. The molecule has 158 valence electrons. The number of nitrogens with zero attached hydrogens (tertiary/aromatic N) is 2. The van der Waals surface area contributed by atoms with Crippen molar-refractivity contribution in [3.63, 3.8) is 0 Å². The van der Waals surface area contributed by atoms with E-state index in [4.69, 9.17) is 19.4 Å². The first-order chi connectivity index (χ1) is 13.2. The van der Waals surface area contributed by atoms with Crippen molar-refractivity contribution in [1.29, 1.82) is 0 Å². The Labute approximate surface area is 166 Å². The van der Waals surface area contributed by atoms with Crippen molar-refractivity contribution in [1.82, 2.24) is 9.88 Å². The van der Waals surface area contributed by atoms with Crippen LogP contribution in [0.15, 0.2) is 18.0 Å². The summed E-state index contributed by atoms with van der Waals surface area (Å²) in [6, 6.07) is 0.558. The minimum atomic E-state index is -5.08. The number of rotatable bonds is 6. The summed E-state index contributed by atoms with van der Waals surface area (Å²) < 4.78 is 43.5. The normalized spacial score (nSPS) is 24.9. The molecule has 0 aromatic carbocycles. The number of alkyl halides is 3. The third kappa shape index (κ3) is 6.84. The van der Waals surface area contributed by atoms with Crippen molar-refractivity contribution in [2.45, 2.75) is 57.2 Å². The number of halogens is 3. The van der Waals surface area contributed by atoms with Crippen LogP contribution in [-0.2, 0) is 20.8 Å². The molecule has 3 heterocycles. The molecule has 1 aromatic heterocycles. The molecule has 0 aliphatic carbocycles. The number of carbonyl (C=O) groups is 1. The number of aliphatic carboxylic acids is 1. The Hall–Kier alpha value is -1.49. The number of hydrogen-bond acceptors (Lipinski definition) is 6. The Balaban J connectivity index is 0.000000345. The molecule has 0 radical (unpaired) electrons. The molecule has 2 aliphatic rings. The van der Waals surface area contributed by atoms with Gasteiger partial charge < -0.3 is 14.6 Å². The third-order valence-electron chi connectivity index (χ3n) is 4.56. The van der Waals surface area contributed by atoms with Gasteiger partial charge in [0.15, 0.2) is 0 Å². The number of thiazole rings is 1. The van der Waals surface area contributed by atoms with E-state index in [0.717, 1.165) is 30.9 Å². The minimum Gasteiger partial charge on any atom is -0.475 e. The van der Waals surface area contributed by atoms with Crippen LogP contribution in [0.1, 0.15) is 30.0 Å². The standard InChI is InChI=1S/C16H24N2O2S.C2HF3O2/c1-3-8-19-10-14-4-5-15-16(20-14)6-7-18(15)9-13-11-21-12(2)17-13;3-2(4,5)1(6)7/h3,11,14-16H,1,4-10H2,2H3;(H,6,7)/t14-,15+,16+;/m1./s1. The molecule has 3 atom stereocenters. The smallest absolute Gasteiger partial charge is 0.475 e. The van der Waals surface area contributed by atoms with Crippen molar-refractivity contribution in [3.8, 4) is 0 Å². The lowest BCUT2D eigenvalue weighted by Crippen LogP contribution is -2.43. The minimum absolute atomic E-state index is 0.257. The van der Waals surface area contributed by atoms with Gasteiger partial charge >= 0.3 is 12.1 Å². The maximum Gasteiger partial charge on any atom is 0.490 e. The van der Waals surface area contributed by atoms with E-state index in [1.807, 2.05) is 0 Å². The molecule has 6 nitrogen and oxygen atoms in total. The van der Waals surface area contributed by atoms with Crippen molar-refractivity contribution in [2.75, 3.05) is 19.8 Å². The molecule has 0 spiro atoms. The van der Waals surface area contributed by atoms with E-state index in [2.05, 4.69) is 28.8 Å². The van der Waals surface area contributed by atoms with Gasteiger partial charge in [-0.25, -0.2) is 9.78 Å². The van der Waals surface area contributed by atoms with Crippen molar-refractivity contribution >= 4 is 17.3 Å². The Kier molecular flexibility index (Phi) is 8.41. The van der Waals surface area contributed by atoms with Crippen LogP contribution < -0.4 is 0 Å². The Morgan fingerprint density at radius 1 is 1.50 bits per heavy atom. The van der Waals surface area contributed by atoms with Gasteiger partial charge in [0.25, 0.3) is 0 Å². The molecule has 28 heavy (non-hydrogen) atoms. The monoisotopic (exact) mass is 422 g/mol. The number of carboxylic acid groups (broad SMARTS) is 1. The second kappa shape index (κ2) is 10.3. The van der Waals surface area contributed by atoms with E-state index >= 15 is 0 Å². The van der Waals surface area contributed by atoms with E-state index in [0.29, 0.717) is 25.4 Å². The molecule has 0 saturated carbocycles. The molecule has 2 aliphatic heterocycles. The summed E-state index contributed by atoms with van der Waals surface area (Å²) in [6.07, 6.45) is 0.759. The summed E-state index contributed by atoms with van der Waals surface area (Å²) >= 11 is 1.74. The number of carboxylic acids is 1. The van der Waals surface area contributed by atoms with E-state index in [9.17, 15) is 13.2 Å². The first-order valence-electron chi connectivity index (χ1n) is 9.00. The van der Waals surface area contributed by atoms with Crippen molar-refractivity contribution in [3.05, 3.63) is 28.7 Å². The zero-order valence-corrected chi connectivity index (χ0v) is 16.5. The summed E-state index contributed by atoms with van der Waals surface area (Å²) in [4.78, 5) is 16.0. The van der Waals surface area contributed by atoms with E-state index in [-0.39, 0.29) is 6.10 Å². The van der Waals surface area contributed by atoms with Crippen LogP contribution in [-0.4, -0.2) is 65.1 Å². The summed E-state index contributed by atoms with van der Waals surface area (Å²) in [5.74, 6) is -2.76. The summed E-state index contributed by atoms with van der Waals surface area (Å²) in [6.45, 7) is 9.13. The number of aromatic nitrogens is 1. The molecule has 1 aromatic rings. The van der Waals surface area contributed by atoms with Gasteiger partial charge in [-0.3, -0.25) is 4.90 Å². The molecule has 10 heteroatoms. The number of hydrogen-bond donors (Lipinski definition) is 1. The first kappa shape index (κ1) is 22.8. The Morgan fingerprint density at radius 3 is 2.79 bits per heavy atom. The van der Waals surface area contributed by atoms with Gasteiger partial charge in [0.05, 0.1) is 36.1 Å². The van der Waals surface area contributed by atoms with E-state index in [1.165, 1.54) is 12.1 Å². The average molecular weight is 422 g/mol. The van der Waals surface area contributed by atoms with Gasteiger partial charge in [0, 0.05) is 24.5 Å².